The second kappa shape index (κ2) is 7.33. The summed E-state index contributed by atoms with van der Waals surface area (Å²) in [7, 11) is 0. The van der Waals surface area contributed by atoms with Gasteiger partial charge in [0.15, 0.2) is 11.6 Å². The first-order chi connectivity index (χ1) is 13.8. The maximum atomic E-state index is 15.2. The van der Waals surface area contributed by atoms with E-state index in [9.17, 15) is 4.79 Å². The molecule has 148 valence electrons. The molecule has 8 heteroatoms. The van der Waals surface area contributed by atoms with Crippen molar-refractivity contribution in [2.45, 2.75) is 26.8 Å². The van der Waals surface area contributed by atoms with Crippen LogP contribution >= 0.6 is 11.6 Å². The van der Waals surface area contributed by atoms with E-state index >= 15 is 4.39 Å². The summed E-state index contributed by atoms with van der Waals surface area (Å²) in [6.07, 6.45) is 1.53. The normalized spacial score (nSPS) is 12.3. The molecule has 6 nitrogen and oxygen atoms in total. The molecule has 0 saturated heterocycles. The van der Waals surface area contributed by atoms with E-state index in [1.54, 1.807) is 37.3 Å². The molecule has 29 heavy (non-hydrogen) atoms. The number of nitrogens with zero attached hydrogens (tertiary/aromatic N) is 2. The Morgan fingerprint density at radius 1 is 1.21 bits per heavy atom. The Kier molecular flexibility index (Phi) is 4.84. The van der Waals surface area contributed by atoms with Crippen LogP contribution in [0.1, 0.15) is 29.9 Å². The van der Waals surface area contributed by atoms with E-state index in [2.05, 4.69) is 25.5 Å². The van der Waals surface area contributed by atoms with Gasteiger partial charge in [0.05, 0.1) is 11.7 Å². The average Bonchev–Trinajstić information content (AvgIpc) is 3.01. The van der Waals surface area contributed by atoms with Gasteiger partial charge in [0.2, 0.25) is 0 Å². The van der Waals surface area contributed by atoms with E-state index in [-0.39, 0.29) is 11.4 Å². The van der Waals surface area contributed by atoms with Crippen molar-refractivity contribution in [2.75, 3.05) is 5.32 Å². The molecular weight excluding hydrogens is 393 g/mol. The minimum absolute atomic E-state index is 0.0700. The number of anilines is 1. The average molecular weight is 412 g/mol. The number of pyridine rings is 2. The summed E-state index contributed by atoms with van der Waals surface area (Å²) >= 11 is 6.06. The summed E-state index contributed by atoms with van der Waals surface area (Å²) in [5, 5.41) is 11.4. The van der Waals surface area contributed by atoms with Gasteiger partial charge in [0, 0.05) is 44.5 Å². The summed E-state index contributed by atoms with van der Waals surface area (Å²) in [5.74, 6) is -0.423. The van der Waals surface area contributed by atoms with Crippen LogP contribution in [0, 0.1) is 19.7 Å². The summed E-state index contributed by atoms with van der Waals surface area (Å²) < 4.78 is 15.2. The van der Waals surface area contributed by atoms with Gasteiger partial charge in [-0.3, -0.25) is 9.89 Å². The molecule has 1 aromatic carbocycles. The fourth-order valence-corrected chi connectivity index (χ4v) is 3.66. The number of hydrogen-bond acceptors (Lipinski definition) is 4. The van der Waals surface area contributed by atoms with Crippen LogP contribution < -0.4 is 10.9 Å². The lowest BCUT2D eigenvalue weighted by molar-refractivity contribution is 0.624. The van der Waals surface area contributed by atoms with E-state index in [0.717, 1.165) is 11.1 Å². The second-order valence-corrected chi connectivity index (χ2v) is 7.42. The van der Waals surface area contributed by atoms with Crippen molar-refractivity contribution < 1.29 is 4.39 Å². The van der Waals surface area contributed by atoms with Gasteiger partial charge in [-0.1, -0.05) is 11.6 Å². The van der Waals surface area contributed by atoms with Crippen molar-refractivity contribution in [3.8, 4) is 11.1 Å². The number of halogens is 2. The molecular formula is C21H19ClFN5O. The van der Waals surface area contributed by atoms with Gasteiger partial charge in [-0.15, -0.1) is 0 Å². The molecule has 1 atom stereocenters. The van der Waals surface area contributed by atoms with Gasteiger partial charge in [0.25, 0.3) is 5.56 Å². The van der Waals surface area contributed by atoms with Gasteiger partial charge in [-0.2, -0.15) is 5.10 Å². The molecule has 0 amide bonds. The van der Waals surface area contributed by atoms with E-state index in [1.807, 2.05) is 13.8 Å². The number of H-pyrrole nitrogens is 2. The highest BCUT2D eigenvalue weighted by Gasteiger charge is 2.19. The zero-order valence-corrected chi connectivity index (χ0v) is 16.9. The molecule has 4 rings (SSSR count). The van der Waals surface area contributed by atoms with Gasteiger partial charge >= 0.3 is 0 Å². The Bertz CT molecular complexity index is 1260. The fourth-order valence-electron chi connectivity index (χ4n) is 3.48. The second-order valence-electron chi connectivity index (χ2n) is 6.98. The van der Waals surface area contributed by atoms with Crippen molar-refractivity contribution >= 4 is 28.3 Å². The van der Waals surface area contributed by atoms with Crippen LogP contribution in [-0.4, -0.2) is 20.2 Å². The summed E-state index contributed by atoms with van der Waals surface area (Å²) in [4.78, 5) is 19.5. The van der Waals surface area contributed by atoms with Crippen molar-refractivity contribution in [1.82, 2.24) is 20.2 Å². The smallest absolute Gasteiger partial charge is 0.253 e. The Morgan fingerprint density at radius 2 is 2.00 bits per heavy atom. The van der Waals surface area contributed by atoms with Gasteiger partial charge in [-0.05, 0) is 51.1 Å². The van der Waals surface area contributed by atoms with Crippen LogP contribution in [0.15, 0.2) is 41.3 Å². The van der Waals surface area contributed by atoms with Crippen molar-refractivity contribution in [3.05, 3.63) is 74.7 Å². The third-order valence-corrected chi connectivity index (χ3v) is 5.18. The van der Waals surface area contributed by atoms with Crippen LogP contribution in [0.4, 0.5) is 10.2 Å². The van der Waals surface area contributed by atoms with Crippen molar-refractivity contribution in [3.63, 3.8) is 0 Å². The summed E-state index contributed by atoms with van der Waals surface area (Å²) in [6.45, 7) is 5.43. The van der Waals surface area contributed by atoms with E-state index in [4.69, 9.17) is 11.6 Å². The quantitative estimate of drug-likeness (QED) is 0.446. The number of rotatable bonds is 4. The van der Waals surface area contributed by atoms with Gasteiger partial charge in [0.1, 0.15) is 0 Å². The number of hydrogen-bond donors (Lipinski definition) is 3. The maximum Gasteiger partial charge on any atom is 0.253 e. The van der Waals surface area contributed by atoms with Crippen LogP contribution in [0.5, 0.6) is 0 Å². The minimum atomic E-state index is -0.493. The lowest BCUT2D eigenvalue weighted by Gasteiger charge is -2.16. The summed E-state index contributed by atoms with van der Waals surface area (Å²) in [5.41, 5.74) is 3.48. The van der Waals surface area contributed by atoms with Crippen LogP contribution in [0.25, 0.3) is 22.0 Å². The number of fused-ring (bicyclic) bond motifs is 1. The topological polar surface area (TPSA) is 86.5 Å². The number of aromatic amines is 2. The SMILES string of the molecule is Cc1n[nH]c(C)c1-c1ccnc(NC(C)c2cc3cc(Cl)ccc3[nH]c2=O)c1F. The van der Waals surface area contributed by atoms with Gasteiger partial charge < -0.3 is 10.3 Å². The Hall–Kier alpha value is -3.19. The first-order valence-electron chi connectivity index (χ1n) is 9.10. The highest BCUT2D eigenvalue weighted by molar-refractivity contribution is 6.31. The highest BCUT2D eigenvalue weighted by atomic mass is 35.5. The molecule has 1 unspecified atom stereocenters. The van der Waals surface area contributed by atoms with Crippen LogP contribution in [-0.2, 0) is 0 Å². The molecule has 0 bridgehead atoms. The number of aromatic nitrogens is 4. The Balaban J connectivity index is 1.72. The Morgan fingerprint density at radius 3 is 2.72 bits per heavy atom. The predicted octanol–water partition coefficient (Wildman–Crippen LogP) is 4.90. The Labute approximate surface area is 171 Å². The first kappa shape index (κ1) is 19.1. The van der Waals surface area contributed by atoms with Crippen LogP contribution in [0.3, 0.4) is 0 Å². The molecule has 3 aromatic heterocycles. The van der Waals surface area contributed by atoms with Crippen molar-refractivity contribution in [1.29, 1.82) is 0 Å². The van der Waals surface area contributed by atoms with E-state index in [1.165, 1.54) is 6.20 Å². The van der Waals surface area contributed by atoms with E-state index in [0.29, 0.717) is 32.9 Å². The third kappa shape index (κ3) is 3.49. The largest absolute Gasteiger partial charge is 0.361 e. The zero-order chi connectivity index (χ0) is 20.7. The van der Waals surface area contributed by atoms with Crippen LogP contribution in [0.2, 0.25) is 5.02 Å². The lowest BCUT2D eigenvalue weighted by Crippen LogP contribution is -2.20. The standard InChI is InChI=1S/C21H19ClFN5O/c1-10(16-9-13-8-14(22)4-5-17(13)26-21(16)29)25-20-19(23)15(6-7-24-20)18-11(2)27-28-12(18)3/h4-10H,1-3H3,(H,24,25)(H,26,29)(H,27,28). The molecule has 3 N–H and O–H groups in total. The highest BCUT2D eigenvalue weighted by Crippen LogP contribution is 2.31. The summed E-state index contributed by atoms with van der Waals surface area (Å²) in [6, 6.07) is 8.12. The predicted molar refractivity (Wildman–Crippen MR) is 113 cm³/mol. The molecule has 4 aromatic rings. The molecule has 0 aliphatic heterocycles. The molecule has 3 heterocycles. The fraction of sp³-hybridized carbons (Fsp3) is 0.190. The minimum Gasteiger partial charge on any atom is -0.361 e. The molecule has 0 aliphatic carbocycles. The molecule has 0 fully saturated rings. The monoisotopic (exact) mass is 411 g/mol. The van der Waals surface area contributed by atoms with Crippen molar-refractivity contribution in [2.24, 2.45) is 0 Å². The molecule has 0 saturated carbocycles. The number of aryl methyl sites for hydroxylation is 2. The zero-order valence-electron chi connectivity index (χ0n) is 16.1. The molecule has 0 aliphatic rings. The molecule has 0 radical (unpaired) electrons. The third-order valence-electron chi connectivity index (χ3n) is 4.94. The molecule has 0 spiro atoms. The first-order valence-corrected chi connectivity index (χ1v) is 9.48. The number of nitrogens with one attached hydrogen (secondary N) is 3. The number of benzene rings is 1. The maximum absolute atomic E-state index is 15.2. The lowest BCUT2D eigenvalue weighted by atomic mass is 10.0. The van der Waals surface area contributed by atoms with Gasteiger partial charge in [-0.25, -0.2) is 9.37 Å². The van der Waals surface area contributed by atoms with E-state index < -0.39 is 11.9 Å².